The van der Waals surface area contributed by atoms with E-state index in [0.717, 1.165) is 42.7 Å². The third-order valence-electron chi connectivity index (χ3n) is 3.84. The van der Waals surface area contributed by atoms with E-state index in [1.54, 1.807) is 0 Å². The second-order valence-electron chi connectivity index (χ2n) is 5.94. The molecule has 0 aliphatic rings. The van der Waals surface area contributed by atoms with Crippen LogP contribution in [0.1, 0.15) is 5.56 Å². The van der Waals surface area contributed by atoms with Gasteiger partial charge >= 0.3 is 12.5 Å². The number of ether oxygens (including phenoxy) is 1. The fourth-order valence-corrected chi connectivity index (χ4v) is 3.46. The molecule has 2 aromatic carbocycles. The Morgan fingerprint density at radius 3 is 2.07 bits per heavy atom. The second kappa shape index (κ2) is 7.32. The topological polar surface area (TPSA) is 87.2 Å². The van der Waals surface area contributed by atoms with E-state index in [-0.39, 0.29) is 11.1 Å². The quantitative estimate of drug-likeness (QED) is 0.605. The minimum absolute atomic E-state index is 0.00643. The number of hydrogen-bond donors (Lipinski definition) is 1. The number of hydrogen-bond acceptors (Lipinski definition) is 4. The highest BCUT2D eigenvalue weighted by Gasteiger charge is 2.38. The van der Waals surface area contributed by atoms with Crippen molar-refractivity contribution in [3.05, 3.63) is 60.4 Å². The van der Waals surface area contributed by atoms with Crippen LogP contribution in [0.5, 0.6) is 5.75 Å². The molecule has 13 heteroatoms. The van der Waals surface area contributed by atoms with Gasteiger partial charge in [-0.15, -0.1) is 13.2 Å². The molecular weight excluding hydrogens is 440 g/mol. The Labute approximate surface area is 165 Å². The molecule has 0 aliphatic carbocycles. The Morgan fingerprint density at radius 1 is 0.967 bits per heavy atom. The van der Waals surface area contributed by atoms with Crippen LogP contribution >= 0.6 is 0 Å². The van der Waals surface area contributed by atoms with Gasteiger partial charge in [0.1, 0.15) is 10.6 Å². The summed E-state index contributed by atoms with van der Waals surface area (Å²) < 4.78 is 107. The molecule has 30 heavy (non-hydrogen) atoms. The van der Waals surface area contributed by atoms with E-state index >= 15 is 0 Å². The number of alkyl halides is 6. The minimum Gasteiger partial charge on any atom is -0.406 e. The fourth-order valence-electron chi connectivity index (χ4n) is 2.69. The normalized spacial score (nSPS) is 12.8. The molecule has 0 fully saturated rings. The predicted octanol–water partition coefficient (Wildman–Crippen LogP) is 4.10. The van der Waals surface area contributed by atoms with Crippen LogP contribution in [0.15, 0.2) is 59.8 Å². The van der Waals surface area contributed by atoms with E-state index in [2.05, 4.69) is 9.84 Å². The highest BCUT2D eigenvalue weighted by Crippen LogP contribution is 2.40. The van der Waals surface area contributed by atoms with Crippen molar-refractivity contribution in [1.82, 2.24) is 9.78 Å². The average molecular weight is 451 g/mol. The number of rotatable bonds is 4. The van der Waals surface area contributed by atoms with Crippen LogP contribution in [0.2, 0.25) is 0 Å². The molecule has 0 amide bonds. The average Bonchev–Trinajstić information content (AvgIpc) is 3.12. The van der Waals surface area contributed by atoms with Crippen LogP contribution in [0.4, 0.5) is 26.3 Å². The number of benzene rings is 2. The van der Waals surface area contributed by atoms with Crippen molar-refractivity contribution in [2.45, 2.75) is 17.4 Å². The first-order chi connectivity index (χ1) is 13.8. The number of nitrogens with zero attached hydrogens (tertiary/aromatic N) is 2. The zero-order valence-electron chi connectivity index (χ0n) is 14.6. The van der Waals surface area contributed by atoms with Crippen LogP contribution in [0.3, 0.4) is 0 Å². The smallest absolute Gasteiger partial charge is 0.406 e. The monoisotopic (exact) mass is 451 g/mol. The predicted molar refractivity (Wildman–Crippen MR) is 92.1 cm³/mol. The molecule has 0 saturated carbocycles. The molecule has 3 aromatic rings. The van der Waals surface area contributed by atoms with E-state index in [4.69, 9.17) is 5.14 Å². The Morgan fingerprint density at radius 2 is 1.60 bits per heavy atom. The SMILES string of the molecule is NS(=O)(=O)c1cc(-c2ccc(OC(F)(F)F)cc2)cc(C(F)(F)F)c1-n1cccn1. The summed E-state index contributed by atoms with van der Waals surface area (Å²) in [5.41, 5.74) is -2.37. The molecule has 6 nitrogen and oxygen atoms in total. The maximum atomic E-state index is 13.7. The molecule has 2 N–H and O–H groups in total. The summed E-state index contributed by atoms with van der Waals surface area (Å²) in [6.07, 6.45) is -7.67. The summed E-state index contributed by atoms with van der Waals surface area (Å²) in [4.78, 5) is -0.855. The van der Waals surface area contributed by atoms with E-state index < -0.39 is 44.5 Å². The first-order valence-corrected chi connectivity index (χ1v) is 9.44. The Bertz CT molecular complexity index is 1160. The van der Waals surface area contributed by atoms with Crippen LogP contribution in [-0.4, -0.2) is 24.6 Å². The van der Waals surface area contributed by atoms with Gasteiger partial charge < -0.3 is 4.74 Å². The second-order valence-corrected chi connectivity index (χ2v) is 7.47. The lowest BCUT2D eigenvalue weighted by Crippen LogP contribution is -2.20. The number of nitrogens with two attached hydrogens (primary N) is 1. The van der Waals surface area contributed by atoms with Crippen molar-refractivity contribution in [3.63, 3.8) is 0 Å². The maximum Gasteiger partial charge on any atom is 0.573 e. The van der Waals surface area contributed by atoms with Crippen LogP contribution in [0.25, 0.3) is 16.8 Å². The first-order valence-electron chi connectivity index (χ1n) is 7.90. The lowest BCUT2D eigenvalue weighted by Gasteiger charge is -2.18. The number of halogens is 6. The van der Waals surface area contributed by atoms with E-state index in [1.165, 1.54) is 6.07 Å². The summed E-state index contributed by atoms with van der Waals surface area (Å²) in [6.45, 7) is 0. The van der Waals surface area contributed by atoms with Gasteiger partial charge in [0.15, 0.2) is 0 Å². The summed E-state index contributed by atoms with van der Waals surface area (Å²) in [6, 6.07) is 6.71. The third kappa shape index (κ3) is 4.74. The van der Waals surface area contributed by atoms with Crippen molar-refractivity contribution in [2.24, 2.45) is 5.14 Å². The molecule has 0 spiro atoms. The Balaban J connectivity index is 2.23. The Hall–Kier alpha value is -3.06. The van der Waals surface area contributed by atoms with Gasteiger partial charge in [0, 0.05) is 12.4 Å². The number of sulfonamides is 1. The largest absolute Gasteiger partial charge is 0.573 e. The summed E-state index contributed by atoms with van der Waals surface area (Å²) >= 11 is 0. The van der Waals surface area contributed by atoms with Crippen molar-refractivity contribution in [1.29, 1.82) is 0 Å². The van der Waals surface area contributed by atoms with Crippen LogP contribution in [-0.2, 0) is 16.2 Å². The van der Waals surface area contributed by atoms with Gasteiger partial charge in [-0.25, -0.2) is 18.2 Å². The lowest BCUT2D eigenvalue weighted by molar-refractivity contribution is -0.274. The van der Waals surface area contributed by atoms with Crippen LogP contribution in [0, 0.1) is 0 Å². The maximum absolute atomic E-state index is 13.7. The molecule has 0 saturated heterocycles. The molecule has 0 unspecified atom stereocenters. The van der Waals surface area contributed by atoms with Crippen molar-refractivity contribution >= 4 is 10.0 Å². The van der Waals surface area contributed by atoms with E-state index in [1.807, 2.05) is 0 Å². The molecule has 1 heterocycles. The van der Waals surface area contributed by atoms with Gasteiger partial charge in [-0.05, 0) is 41.5 Å². The number of primary sulfonamides is 1. The molecule has 3 rings (SSSR count). The zero-order chi connectivity index (χ0) is 22.3. The highest BCUT2D eigenvalue weighted by atomic mass is 32.2. The highest BCUT2D eigenvalue weighted by molar-refractivity contribution is 7.89. The van der Waals surface area contributed by atoms with Crippen molar-refractivity contribution in [2.75, 3.05) is 0 Å². The van der Waals surface area contributed by atoms with Gasteiger partial charge in [-0.3, -0.25) is 0 Å². The molecule has 1 aromatic heterocycles. The first kappa shape index (κ1) is 21.6. The summed E-state index contributed by atoms with van der Waals surface area (Å²) in [5, 5.41) is 8.79. The molecule has 160 valence electrons. The zero-order valence-corrected chi connectivity index (χ0v) is 15.4. The molecule has 0 radical (unpaired) electrons. The van der Waals surface area contributed by atoms with Gasteiger partial charge in [0.2, 0.25) is 10.0 Å². The standard InChI is InChI=1S/C17H11F6N3O3S/c18-16(19,20)13-8-11(10-2-4-12(5-3-10)29-17(21,22)23)9-14(30(24,27)28)15(13)26-7-1-6-25-26/h1-9H,(H2,24,27,28). The minimum atomic E-state index is -4.99. The van der Waals surface area contributed by atoms with Gasteiger partial charge in [-0.1, -0.05) is 12.1 Å². The number of aromatic nitrogens is 2. The van der Waals surface area contributed by atoms with E-state index in [0.29, 0.717) is 10.7 Å². The van der Waals surface area contributed by atoms with Gasteiger partial charge in [0.05, 0.1) is 11.3 Å². The van der Waals surface area contributed by atoms with Crippen molar-refractivity contribution in [3.8, 4) is 22.6 Å². The van der Waals surface area contributed by atoms with Gasteiger partial charge in [0.25, 0.3) is 0 Å². The fraction of sp³-hybridized carbons (Fsp3) is 0.118. The summed E-state index contributed by atoms with van der Waals surface area (Å²) in [7, 11) is -4.64. The molecule has 0 atom stereocenters. The van der Waals surface area contributed by atoms with Crippen molar-refractivity contribution < 1.29 is 39.5 Å². The van der Waals surface area contributed by atoms with E-state index in [9.17, 15) is 34.8 Å². The molecule has 0 bridgehead atoms. The lowest BCUT2D eigenvalue weighted by atomic mass is 10.0. The van der Waals surface area contributed by atoms with Gasteiger partial charge in [-0.2, -0.15) is 18.3 Å². The Kier molecular flexibility index (Phi) is 5.28. The summed E-state index contributed by atoms with van der Waals surface area (Å²) in [5.74, 6) is -0.595. The van der Waals surface area contributed by atoms with Crippen LogP contribution < -0.4 is 9.88 Å². The molecular formula is C17H11F6N3O3S. The molecule has 0 aliphatic heterocycles. The third-order valence-corrected chi connectivity index (χ3v) is 4.77.